The number of carbonyl (C=O) groups is 2. The highest BCUT2D eigenvalue weighted by molar-refractivity contribution is 7.14. The molecule has 2 N–H and O–H groups in total. The number of nitrogens with zero attached hydrogens (tertiary/aromatic N) is 3. The highest BCUT2D eigenvalue weighted by Crippen LogP contribution is 2.32. The van der Waals surface area contributed by atoms with E-state index in [1.807, 2.05) is 36.4 Å². The molecule has 2 aromatic heterocycles. The molecular formula is C19H19N5O2S. The van der Waals surface area contributed by atoms with Gasteiger partial charge < -0.3 is 0 Å². The lowest BCUT2D eigenvalue weighted by atomic mass is 9.90. The third kappa shape index (κ3) is 3.75. The van der Waals surface area contributed by atoms with Gasteiger partial charge in [0.15, 0.2) is 5.69 Å². The van der Waals surface area contributed by atoms with Gasteiger partial charge in [-0.15, -0.1) is 16.4 Å². The zero-order valence-corrected chi connectivity index (χ0v) is 15.6. The summed E-state index contributed by atoms with van der Waals surface area (Å²) in [5.41, 5.74) is 6.99. The summed E-state index contributed by atoms with van der Waals surface area (Å²) in [6.45, 7) is 2.23. The van der Waals surface area contributed by atoms with Crippen molar-refractivity contribution in [1.29, 1.82) is 0 Å². The third-order valence-corrected chi connectivity index (χ3v) is 5.79. The van der Waals surface area contributed by atoms with E-state index in [0.29, 0.717) is 10.8 Å². The Morgan fingerprint density at radius 1 is 1.19 bits per heavy atom. The van der Waals surface area contributed by atoms with Crippen molar-refractivity contribution in [3.8, 4) is 5.69 Å². The number of fused-ring (bicyclic) bond motifs is 1. The Morgan fingerprint density at radius 2 is 1.96 bits per heavy atom. The van der Waals surface area contributed by atoms with Crippen LogP contribution in [-0.2, 0) is 12.8 Å². The Balaban J connectivity index is 1.38. The number of carbonyl (C=O) groups excluding carboxylic acids is 2. The molecule has 0 fully saturated rings. The summed E-state index contributed by atoms with van der Waals surface area (Å²) in [6, 6.07) is 11.2. The Hall–Kier alpha value is -3.00. The Bertz CT molecular complexity index is 979. The lowest BCUT2D eigenvalue weighted by Gasteiger charge is -2.16. The normalized spacial score (nSPS) is 15.8. The minimum atomic E-state index is -0.513. The second-order valence-corrected chi connectivity index (χ2v) is 7.81. The Kier molecular flexibility index (Phi) is 4.72. The van der Waals surface area contributed by atoms with Gasteiger partial charge in [0, 0.05) is 4.88 Å². The lowest BCUT2D eigenvalue weighted by molar-refractivity contribution is 0.0846. The van der Waals surface area contributed by atoms with E-state index < -0.39 is 5.91 Å². The van der Waals surface area contributed by atoms with Crippen LogP contribution in [0, 0.1) is 5.92 Å². The van der Waals surface area contributed by atoms with Gasteiger partial charge in [0.2, 0.25) is 0 Å². The van der Waals surface area contributed by atoms with Crippen LogP contribution in [0.4, 0.5) is 0 Å². The minimum absolute atomic E-state index is 0.124. The van der Waals surface area contributed by atoms with E-state index in [0.717, 1.165) is 24.9 Å². The van der Waals surface area contributed by atoms with Crippen molar-refractivity contribution in [3.63, 3.8) is 0 Å². The number of hydrazine groups is 1. The van der Waals surface area contributed by atoms with Crippen molar-refractivity contribution in [2.45, 2.75) is 26.2 Å². The summed E-state index contributed by atoms with van der Waals surface area (Å²) in [6.07, 6.45) is 4.54. The van der Waals surface area contributed by atoms with Gasteiger partial charge in [-0.05, 0) is 48.9 Å². The quantitative estimate of drug-likeness (QED) is 0.683. The van der Waals surface area contributed by atoms with Crippen molar-refractivity contribution >= 4 is 23.2 Å². The average molecular weight is 381 g/mol. The first-order chi connectivity index (χ1) is 13.1. The number of amides is 2. The van der Waals surface area contributed by atoms with Crippen molar-refractivity contribution < 1.29 is 9.59 Å². The van der Waals surface area contributed by atoms with Gasteiger partial charge >= 0.3 is 0 Å². The van der Waals surface area contributed by atoms with Crippen LogP contribution < -0.4 is 10.9 Å². The van der Waals surface area contributed by atoms with Crippen molar-refractivity contribution in [1.82, 2.24) is 25.8 Å². The van der Waals surface area contributed by atoms with Gasteiger partial charge in [0.25, 0.3) is 11.8 Å². The minimum Gasteiger partial charge on any atom is -0.266 e. The maximum absolute atomic E-state index is 12.3. The predicted octanol–water partition coefficient (Wildman–Crippen LogP) is 2.53. The van der Waals surface area contributed by atoms with E-state index in [1.165, 1.54) is 32.8 Å². The second-order valence-electron chi connectivity index (χ2n) is 6.67. The van der Waals surface area contributed by atoms with Crippen LogP contribution >= 0.6 is 11.3 Å². The monoisotopic (exact) mass is 381 g/mol. The smallest absolute Gasteiger partial charge is 0.266 e. The van der Waals surface area contributed by atoms with Crippen molar-refractivity contribution in [3.05, 3.63) is 63.6 Å². The number of para-hydroxylation sites is 1. The number of aromatic nitrogens is 3. The maximum atomic E-state index is 12.3. The number of hydrogen-bond donors (Lipinski definition) is 2. The van der Waals surface area contributed by atoms with Gasteiger partial charge in [-0.1, -0.05) is 25.1 Å². The first-order valence-corrected chi connectivity index (χ1v) is 9.62. The van der Waals surface area contributed by atoms with Gasteiger partial charge in [-0.2, -0.15) is 9.90 Å². The van der Waals surface area contributed by atoms with Crippen LogP contribution in [0.15, 0.2) is 42.6 Å². The molecule has 2 amide bonds. The molecule has 27 heavy (non-hydrogen) atoms. The summed E-state index contributed by atoms with van der Waals surface area (Å²) in [5.74, 6) is -0.179. The fraction of sp³-hybridized carbons (Fsp3) is 0.263. The molecule has 0 spiro atoms. The molecule has 1 unspecified atom stereocenters. The number of benzene rings is 1. The van der Waals surface area contributed by atoms with Crippen molar-refractivity contribution in [2.24, 2.45) is 5.92 Å². The van der Waals surface area contributed by atoms with Gasteiger partial charge in [-0.3, -0.25) is 20.4 Å². The molecule has 1 aliphatic rings. The summed E-state index contributed by atoms with van der Waals surface area (Å²) in [5, 5.41) is 8.22. The van der Waals surface area contributed by atoms with E-state index in [-0.39, 0.29) is 11.6 Å². The second kappa shape index (κ2) is 7.32. The summed E-state index contributed by atoms with van der Waals surface area (Å²) in [7, 11) is 0. The molecule has 0 radical (unpaired) electrons. The molecule has 1 atom stereocenters. The summed E-state index contributed by atoms with van der Waals surface area (Å²) < 4.78 is 0. The number of thiophene rings is 1. The molecule has 1 aliphatic carbocycles. The highest BCUT2D eigenvalue weighted by atomic mass is 32.1. The Labute approximate surface area is 160 Å². The third-order valence-electron chi connectivity index (χ3n) is 4.55. The molecule has 3 aromatic rings. The molecule has 0 bridgehead atoms. The SMILES string of the molecule is CC1CCc2sc(C(=O)NNC(=O)c3cnn(-c4ccccc4)n3)cc2C1. The molecule has 0 saturated heterocycles. The first-order valence-electron chi connectivity index (χ1n) is 8.80. The number of rotatable bonds is 3. The summed E-state index contributed by atoms with van der Waals surface area (Å²) >= 11 is 1.50. The molecule has 138 valence electrons. The van der Waals surface area contributed by atoms with Crippen LogP contribution in [-0.4, -0.2) is 26.8 Å². The predicted molar refractivity (Wildman–Crippen MR) is 102 cm³/mol. The van der Waals surface area contributed by atoms with Gasteiger partial charge in [0.1, 0.15) is 0 Å². The lowest BCUT2D eigenvalue weighted by Crippen LogP contribution is -2.41. The zero-order chi connectivity index (χ0) is 18.8. The number of aryl methyl sites for hydroxylation is 1. The van der Waals surface area contributed by atoms with Gasteiger partial charge in [-0.25, -0.2) is 0 Å². The zero-order valence-electron chi connectivity index (χ0n) is 14.8. The summed E-state index contributed by atoms with van der Waals surface area (Å²) in [4.78, 5) is 27.8. The first kappa shape index (κ1) is 17.4. The fourth-order valence-electron chi connectivity index (χ4n) is 3.11. The maximum Gasteiger partial charge on any atom is 0.291 e. The van der Waals surface area contributed by atoms with E-state index >= 15 is 0 Å². The van der Waals surface area contributed by atoms with E-state index in [4.69, 9.17) is 0 Å². The van der Waals surface area contributed by atoms with Crippen LogP contribution in [0.1, 0.15) is 43.9 Å². The molecule has 0 aliphatic heterocycles. The van der Waals surface area contributed by atoms with Crippen molar-refractivity contribution in [2.75, 3.05) is 0 Å². The van der Waals surface area contributed by atoms with Crippen LogP contribution in [0.25, 0.3) is 5.69 Å². The standard InChI is InChI=1S/C19H19N5O2S/c1-12-7-8-16-13(9-12)10-17(27-16)19(26)22-21-18(25)15-11-20-24(23-15)14-5-3-2-4-6-14/h2-6,10-12H,7-9H2,1H3,(H,21,25)(H,22,26). The highest BCUT2D eigenvalue weighted by Gasteiger charge is 2.21. The fourth-order valence-corrected chi connectivity index (χ4v) is 4.21. The largest absolute Gasteiger partial charge is 0.291 e. The topological polar surface area (TPSA) is 88.9 Å². The van der Waals surface area contributed by atoms with Gasteiger partial charge in [0.05, 0.1) is 16.8 Å². The molecule has 2 heterocycles. The molecule has 8 heteroatoms. The average Bonchev–Trinajstić information content (AvgIpc) is 3.33. The van der Waals surface area contributed by atoms with Crippen LogP contribution in [0.3, 0.4) is 0 Å². The molecule has 0 saturated carbocycles. The molecule has 7 nitrogen and oxygen atoms in total. The van der Waals surface area contributed by atoms with E-state index in [2.05, 4.69) is 28.0 Å². The molecule has 1 aromatic carbocycles. The van der Waals surface area contributed by atoms with Crippen LogP contribution in [0.5, 0.6) is 0 Å². The van der Waals surface area contributed by atoms with Crippen LogP contribution in [0.2, 0.25) is 0 Å². The molecule has 4 rings (SSSR count). The van der Waals surface area contributed by atoms with E-state index in [1.54, 1.807) is 0 Å². The molecular weight excluding hydrogens is 362 g/mol. The Morgan fingerprint density at radius 3 is 2.78 bits per heavy atom. The van der Waals surface area contributed by atoms with E-state index in [9.17, 15) is 9.59 Å². The number of hydrogen-bond acceptors (Lipinski definition) is 5. The number of nitrogens with one attached hydrogen (secondary N) is 2.